The van der Waals surface area contributed by atoms with E-state index in [2.05, 4.69) is 15.9 Å². The molecule has 0 amide bonds. The van der Waals surface area contributed by atoms with E-state index >= 15 is 0 Å². The zero-order chi connectivity index (χ0) is 28.2. The lowest BCUT2D eigenvalue weighted by Crippen LogP contribution is -2.46. The predicted molar refractivity (Wildman–Crippen MR) is 149 cm³/mol. The van der Waals surface area contributed by atoms with Crippen LogP contribution in [-0.4, -0.2) is 156 Å². The summed E-state index contributed by atoms with van der Waals surface area (Å²) in [6.07, 6.45) is 3.14. The molecule has 0 aliphatic carbocycles. The minimum Gasteiger partial charge on any atom is -0.377 e. The highest BCUT2D eigenvalue weighted by atomic mass is 79.9. The molecular formula is C27H51BrO12. The fourth-order valence-corrected chi connectivity index (χ4v) is 4.18. The molecule has 13 heteroatoms. The largest absolute Gasteiger partial charge is 0.377 e. The number of hydrogen-bond acceptors (Lipinski definition) is 12. The lowest BCUT2D eigenvalue weighted by atomic mass is 10.1. The van der Waals surface area contributed by atoms with Gasteiger partial charge in [-0.25, -0.2) is 0 Å². The van der Waals surface area contributed by atoms with Gasteiger partial charge in [0.2, 0.25) is 0 Å². The van der Waals surface area contributed by atoms with E-state index in [1.807, 2.05) is 0 Å². The first-order valence-corrected chi connectivity index (χ1v) is 15.6. The van der Waals surface area contributed by atoms with Crippen LogP contribution in [0.2, 0.25) is 0 Å². The first-order valence-electron chi connectivity index (χ1n) is 14.5. The van der Waals surface area contributed by atoms with E-state index in [-0.39, 0.29) is 6.29 Å². The average molecular weight is 648 g/mol. The van der Waals surface area contributed by atoms with Gasteiger partial charge in [-0.1, -0.05) is 15.9 Å². The van der Waals surface area contributed by atoms with Gasteiger partial charge >= 0.3 is 0 Å². The summed E-state index contributed by atoms with van der Waals surface area (Å²) < 4.78 is 68.0. The van der Waals surface area contributed by atoms with Crippen LogP contribution in [0.15, 0.2) is 0 Å². The van der Waals surface area contributed by atoms with Crippen LogP contribution in [-0.2, 0) is 56.8 Å². The topological polar surface area (TPSA) is 111 Å². The maximum Gasteiger partial charge on any atom is 0.157 e. The highest BCUT2D eigenvalue weighted by Crippen LogP contribution is 2.17. The van der Waals surface area contributed by atoms with Gasteiger partial charge in [0.25, 0.3) is 0 Å². The van der Waals surface area contributed by atoms with Crippen LogP contribution in [0.4, 0.5) is 0 Å². The molecule has 238 valence electrons. The van der Waals surface area contributed by atoms with Crippen molar-refractivity contribution >= 4 is 15.9 Å². The van der Waals surface area contributed by atoms with Crippen molar-refractivity contribution in [2.24, 2.45) is 0 Å². The maximum absolute atomic E-state index is 6.20. The number of ether oxygens (including phenoxy) is 12. The van der Waals surface area contributed by atoms with Crippen LogP contribution in [0.3, 0.4) is 0 Å². The third-order valence-electron chi connectivity index (χ3n) is 5.88. The fourth-order valence-electron chi connectivity index (χ4n) is 3.69. The molecule has 0 bridgehead atoms. The van der Waals surface area contributed by atoms with Crippen molar-refractivity contribution in [2.45, 2.75) is 31.2 Å². The summed E-state index contributed by atoms with van der Waals surface area (Å²) in [5, 5.41) is 0.541. The Labute approximate surface area is 247 Å². The lowest BCUT2D eigenvalue weighted by molar-refractivity contribution is -0.169. The molecular weight excluding hydrogens is 596 g/mol. The minimum absolute atomic E-state index is 0.0861. The van der Waals surface area contributed by atoms with Crippen molar-refractivity contribution < 1.29 is 56.8 Å². The molecule has 0 N–H and O–H groups in total. The van der Waals surface area contributed by atoms with Gasteiger partial charge in [-0.2, -0.15) is 0 Å². The Hall–Kier alpha value is 0.0000000000000000416. The summed E-state index contributed by atoms with van der Waals surface area (Å²) in [5.74, 6) is 0. The van der Waals surface area contributed by atoms with Gasteiger partial charge in [0.05, 0.1) is 132 Å². The molecule has 2 aliphatic rings. The van der Waals surface area contributed by atoms with Gasteiger partial charge in [0, 0.05) is 11.9 Å². The summed E-state index contributed by atoms with van der Waals surface area (Å²) in [6.45, 7) is 10.2. The van der Waals surface area contributed by atoms with Crippen molar-refractivity contribution in [3.05, 3.63) is 0 Å². The average Bonchev–Trinajstić information content (AvgIpc) is 2.98. The van der Waals surface area contributed by atoms with Crippen molar-refractivity contribution in [1.29, 1.82) is 0 Å². The van der Waals surface area contributed by atoms with Gasteiger partial charge in [0.15, 0.2) is 6.29 Å². The Morgan fingerprint density at radius 2 is 0.975 bits per heavy atom. The lowest BCUT2D eigenvalue weighted by Gasteiger charge is -2.32. The van der Waals surface area contributed by atoms with E-state index in [0.717, 1.165) is 25.9 Å². The second kappa shape index (κ2) is 26.6. The van der Waals surface area contributed by atoms with E-state index in [0.29, 0.717) is 137 Å². The third-order valence-corrected chi connectivity index (χ3v) is 6.90. The second-order valence-corrected chi connectivity index (χ2v) is 9.78. The molecule has 0 aromatic heterocycles. The molecule has 0 aromatic carbocycles. The van der Waals surface area contributed by atoms with Crippen molar-refractivity contribution in [1.82, 2.24) is 0 Å². The van der Waals surface area contributed by atoms with Crippen LogP contribution in [0.1, 0.15) is 19.3 Å². The van der Waals surface area contributed by atoms with Gasteiger partial charge in [0.1, 0.15) is 5.60 Å². The van der Waals surface area contributed by atoms with E-state index in [1.165, 1.54) is 0 Å². The second-order valence-electron chi connectivity index (χ2n) is 9.22. The Bertz CT molecular complexity index is 520. The summed E-state index contributed by atoms with van der Waals surface area (Å²) in [5.41, 5.74) is -0.665. The van der Waals surface area contributed by atoms with Crippen LogP contribution < -0.4 is 0 Å². The minimum atomic E-state index is -0.665. The Morgan fingerprint density at radius 1 is 0.525 bits per heavy atom. The quantitative estimate of drug-likeness (QED) is 0.228. The van der Waals surface area contributed by atoms with E-state index in [1.54, 1.807) is 0 Å². The smallest absolute Gasteiger partial charge is 0.157 e. The predicted octanol–water partition coefficient (Wildman–Crippen LogP) is 1.84. The molecule has 2 fully saturated rings. The summed E-state index contributed by atoms with van der Waals surface area (Å²) >= 11 is 3.58. The standard InChI is InChI=1S/C27H51BrO12/c28-23-27(40-22-20-35-14-13-34-19-21-39-26-3-1-2-4-38-26)24-36-17-15-32-11-9-30-7-5-29-6-8-31-10-12-33-16-18-37-25-27/h26H,1-25H2. The first kappa shape index (κ1) is 36.2. The van der Waals surface area contributed by atoms with Crippen LogP contribution in [0, 0.1) is 0 Å². The van der Waals surface area contributed by atoms with Crippen LogP contribution in [0.5, 0.6) is 0 Å². The van der Waals surface area contributed by atoms with Gasteiger partial charge in [-0.3, -0.25) is 0 Å². The molecule has 2 rings (SSSR count). The number of halogens is 1. The Morgan fingerprint density at radius 3 is 1.43 bits per heavy atom. The first-order chi connectivity index (χ1) is 19.8. The molecule has 0 spiro atoms. The monoisotopic (exact) mass is 646 g/mol. The van der Waals surface area contributed by atoms with Crippen LogP contribution >= 0.6 is 15.9 Å². The van der Waals surface area contributed by atoms with Gasteiger partial charge in [-0.15, -0.1) is 0 Å². The Kier molecular flexibility index (Phi) is 24.1. The zero-order valence-corrected chi connectivity index (χ0v) is 25.6. The molecule has 1 unspecified atom stereocenters. The van der Waals surface area contributed by atoms with E-state index in [9.17, 15) is 0 Å². The van der Waals surface area contributed by atoms with Crippen molar-refractivity contribution in [2.75, 3.05) is 144 Å². The SMILES string of the molecule is BrCC1(OCCOCCOCCOC2CCCCO2)COCCOCCOCCOCCOCCOCCOC1. The third kappa shape index (κ3) is 20.0. The van der Waals surface area contributed by atoms with Crippen LogP contribution in [0.25, 0.3) is 0 Å². The molecule has 2 aliphatic heterocycles. The van der Waals surface area contributed by atoms with E-state index < -0.39 is 5.60 Å². The maximum atomic E-state index is 6.20. The summed E-state index contributed by atoms with van der Waals surface area (Å²) in [7, 11) is 0. The molecule has 0 aromatic rings. The normalized spacial score (nSPS) is 24.1. The highest BCUT2D eigenvalue weighted by Gasteiger charge is 2.31. The van der Waals surface area contributed by atoms with Crippen molar-refractivity contribution in [3.8, 4) is 0 Å². The van der Waals surface area contributed by atoms with Gasteiger partial charge < -0.3 is 56.8 Å². The zero-order valence-electron chi connectivity index (χ0n) is 24.0. The summed E-state index contributed by atoms with van der Waals surface area (Å²) in [4.78, 5) is 0. The number of rotatable bonds is 12. The molecule has 0 radical (unpaired) electrons. The number of hydrogen-bond donors (Lipinski definition) is 0. The molecule has 1 atom stereocenters. The van der Waals surface area contributed by atoms with Gasteiger partial charge in [-0.05, 0) is 19.3 Å². The van der Waals surface area contributed by atoms with Crippen molar-refractivity contribution in [3.63, 3.8) is 0 Å². The Balaban J connectivity index is 1.60. The molecule has 2 saturated heterocycles. The van der Waals surface area contributed by atoms with E-state index in [4.69, 9.17) is 56.8 Å². The molecule has 12 nitrogen and oxygen atoms in total. The molecule has 0 saturated carbocycles. The molecule has 2 heterocycles. The summed E-state index contributed by atoms with van der Waals surface area (Å²) in [6, 6.07) is 0. The highest BCUT2D eigenvalue weighted by molar-refractivity contribution is 9.09. The molecule has 40 heavy (non-hydrogen) atoms. The fraction of sp³-hybridized carbons (Fsp3) is 1.00. The number of alkyl halides is 1.